The summed E-state index contributed by atoms with van der Waals surface area (Å²) in [7, 11) is 0. The molecule has 100 valence electrons. The maximum Gasteiger partial charge on any atom is 0.293 e. The van der Waals surface area contributed by atoms with E-state index in [-0.39, 0.29) is 11.7 Å². The second kappa shape index (κ2) is 5.93. The lowest BCUT2D eigenvalue weighted by Gasteiger charge is -2.20. The van der Waals surface area contributed by atoms with Crippen LogP contribution in [-0.2, 0) is 0 Å². The number of rotatable bonds is 4. The predicted octanol–water partition coefficient (Wildman–Crippen LogP) is 3.16. The third-order valence-corrected chi connectivity index (χ3v) is 4.59. The molecule has 5 nitrogen and oxygen atoms in total. The van der Waals surface area contributed by atoms with Crippen molar-refractivity contribution in [2.24, 2.45) is 0 Å². The molecule has 2 rings (SSSR count). The summed E-state index contributed by atoms with van der Waals surface area (Å²) in [6.07, 6.45) is 5.39. The number of nitrogens with zero attached hydrogens (tertiary/aromatic N) is 2. The molecule has 0 amide bonds. The number of hydrogen-bond donors (Lipinski definition) is 1. The van der Waals surface area contributed by atoms with Crippen LogP contribution in [0.15, 0.2) is 18.2 Å². The van der Waals surface area contributed by atoms with Gasteiger partial charge >= 0.3 is 0 Å². The van der Waals surface area contributed by atoms with Gasteiger partial charge in [0.1, 0.15) is 5.69 Å². The van der Waals surface area contributed by atoms with E-state index >= 15 is 0 Å². The molecule has 1 N–H and O–H groups in total. The van der Waals surface area contributed by atoms with E-state index in [2.05, 4.69) is 11.6 Å². The number of nitrogens with one attached hydrogen (secondary N) is 1. The quantitative estimate of drug-likeness (QED) is 0.675. The Bertz CT molecular complexity index is 527. The summed E-state index contributed by atoms with van der Waals surface area (Å²) in [5.74, 6) is 0. The normalized spacial score (nSPS) is 21.9. The molecular formula is C13H15N3O2S. The molecule has 19 heavy (non-hydrogen) atoms. The van der Waals surface area contributed by atoms with E-state index < -0.39 is 4.92 Å². The van der Waals surface area contributed by atoms with Gasteiger partial charge in [0.2, 0.25) is 0 Å². The van der Waals surface area contributed by atoms with Gasteiger partial charge < -0.3 is 5.32 Å². The van der Waals surface area contributed by atoms with Crippen LogP contribution in [0.1, 0.15) is 24.8 Å². The average molecular weight is 277 g/mol. The van der Waals surface area contributed by atoms with Crippen molar-refractivity contribution in [1.29, 1.82) is 5.26 Å². The Hall–Kier alpha value is -1.74. The minimum Gasteiger partial charge on any atom is -0.376 e. The molecule has 1 aromatic rings. The molecule has 1 aliphatic rings. The molecular weight excluding hydrogens is 262 g/mol. The number of thioether (sulfide) groups is 1. The zero-order chi connectivity index (χ0) is 13.8. The molecule has 1 aliphatic carbocycles. The Morgan fingerprint density at radius 2 is 2.32 bits per heavy atom. The van der Waals surface area contributed by atoms with Gasteiger partial charge in [0.05, 0.1) is 16.6 Å². The SMILES string of the molecule is CSC1CCCC1Nc1ccc(C#N)cc1[N+](=O)[O-]. The molecule has 0 radical (unpaired) electrons. The predicted molar refractivity (Wildman–Crippen MR) is 76.4 cm³/mol. The maximum atomic E-state index is 11.1. The summed E-state index contributed by atoms with van der Waals surface area (Å²) in [6.45, 7) is 0. The minimum absolute atomic E-state index is 0.0224. The van der Waals surface area contributed by atoms with Crippen molar-refractivity contribution in [2.45, 2.75) is 30.6 Å². The van der Waals surface area contributed by atoms with Crippen molar-refractivity contribution in [3.8, 4) is 6.07 Å². The Morgan fingerprint density at radius 1 is 1.53 bits per heavy atom. The Morgan fingerprint density at radius 3 is 2.95 bits per heavy atom. The molecule has 2 atom stereocenters. The molecule has 1 fully saturated rings. The first-order valence-electron chi connectivity index (χ1n) is 6.13. The zero-order valence-corrected chi connectivity index (χ0v) is 11.4. The lowest BCUT2D eigenvalue weighted by molar-refractivity contribution is -0.384. The van der Waals surface area contributed by atoms with Gasteiger partial charge in [0, 0.05) is 17.4 Å². The van der Waals surface area contributed by atoms with Gasteiger partial charge in [-0.3, -0.25) is 10.1 Å². The molecule has 0 saturated heterocycles. The van der Waals surface area contributed by atoms with E-state index in [4.69, 9.17) is 5.26 Å². The van der Waals surface area contributed by atoms with Crippen LogP contribution in [0, 0.1) is 21.4 Å². The fourth-order valence-electron chi connectivity index (χ4n) is 2.45. The molecule has 1 saturated carbocycles. The molecule has 0 aromatic heterocycles. The number of nitro benzene ring substituents is 1. The van der Waals surface area contributed by atoms with Crippen LogP contribution in [0.4, 0.5) is 11.4 Å². The largest absolute Gasteiger partial charge is 0.376 e. The van der Waals surface area contributed by atoms with E-state index in [0.29, 0.717) is 16.5 Å². The van der Waals surface area contributed by atoms with Gasteiger partial charge in [-0.25, -0.2) is 0 Å². The second-order valence-corrected chi connectivity index (χ2v) is 5.63. The fraction of sp³-hybridized carbons (Fsp3) is 0.462. The number of anilines is 1. The molecule has 1 aromatic carbocycles. The topological polar surface area (TPSA) is 79.0 Å². The maximum absolute atomic E-state index is 11.1. The minimum atomic E-state index is -0.438. The van der Waals surface area contributed by atoms with Crippen LogP contribution in [0.25, 0.3) is 0 Å². The molecule has 0 spiro atoms. The van der Waals surface area contributed by atoms with E-state index in [1.54, 1.807) is 23.9 Å². The second-order valence-electron chi connectivity index (χ2n) is 4.56. The Balaban J connectivity index is 2.25. The van der Waals surface area contributed by atoms with Crippen LogP contribution >= 0.6 is 11.8 Å². The van der Waals surface area contributed by atoms with Crippen molar-refractivity contribution in [2.75, 3.05) is 11.6 Å². The van der Waals surface area contributed by atoms with E-state index in [1.807, 2.05) is 6.07 Å². The number of nitriles is 1. The first-order valence-corrected chi connectivity index (χ1v) is 7.42. The highest BCUT2D eigenvalue weighted by atomic mass is 32.2. The van der Waals surface area contributed by atoms with Crippen LogP contribution in [-0.4, -0.2) is 22.5 Å². The monoisotopic (exact) mass is 277 g/mol. The lowest BCUT2D eigenvalue weighted by Crippen LogP contribution is -2.26. The summed E-state index contributed by atoms with van der Waals surface area (Å²) in [4.78, 5) is 10.6. The summed E-state index contributed by atoms with van der Waals surface area (Å²) in [5, 5.41) is 23.6. The standard InChI is InChI=1S/C13H15N3O2S/c1-19-13-4-2-3-11(13)15-10-6-5-9(8-14)7-12(10)16(17)18/h5-7,11,13,15H,2-4H2,1H3. The molecule has 0 heterocycles. The number of hydrogen-bond acceptors (Lipinski definition) is 5. The zero-order valence-electron chi connectivity index (χ0n) is 10.6. The molecule has 6 heteroatoms. The van der Waals surface area contributed by atoms with Crippen molar-refractivity contribution >= 4 is 23.1 Å². The third kappa shape index (κ3) is 2.99. The highest BCUT2D eigenvalue weighted by Crippen LogP contribution is 2.33. The van der Waals surface area contributed by atoms with E-state index in [9.17, 15) is 10.1 Å². The number of benzene rings is 1. The van der Waals surface area contributed by atoms with Gasteiger partial charge in [-0.1, -0.05) is 6.42 Å². The molecule has 0 bridgehead atoms. The van der Waals surface area contributed by atoms with Gasteiger partial charge in [0.25, 0.3) is 5.69 Å². The van der Waals surface area contributed by atoms with Crippen LogP contribution in [0.5, 0.6) is 0 Å². The summed E-state index contributed by atoms with van der Waals surface area (Å²) < 4.78 is 0. The van der Waals surface area contributed by atoms with Gasteiger partial charge in [-0.15, -0.1) is 0 Å². The Labute approximate surface area is 116 Å². The molecule has 0 aliphatic heterocycles. The summed E-state index contributed by atoms with van der Waals surface area (Å²) in [5.41, 5.74) is 0.797. The summed E-state index contributed by atoms with van der Waals surface area (Å²) >= 11 is 1.80. The highest BCUT2D eigenvalue weighted by molar-refractivity contribution is 7.99. The van der Waals surface area contributed by atoms with Crippen LogP contribution < -0.4 is 5.32 Å². The first kappa shape index (κ1) is 13.7. The van der Waals surface area contributed by atoms with Crippen molar-refractivity contribution in [3.05, 3.63) is 33.9 Å². The van der Waals surface area contributed by atoms with Gasteiger partial charge in [0.15, 0.2) is 0 Å². The van der Waals surface area contributed by atoms with Crippen molar-refractivity contribution in [3.63, 3.8) is 0 Å². The fourth-order valence-corrected chi connectivity index (χ4v) is 3.38. The van der Waals surface area contributed by atoms with Gasteiger partial charge in [-0.05, 0) is 31.2 Å². The lowest BCUT2D eigenvalue weighted by atomic mass is 10.1. The molecule has 2 unspecified atom stereocenters. The average Bonchev–Trinajstić information content (AvgIpc) is 2.86. The van der Waals surface area contributed by atoms with Gasteiger partial charge in [-0.2, -0.15) is 17.0 Å². The third-order valence-electron chi connectivity index (χ3n) is 3.42. The first-order chi connectivity index (χ1) is 9.15. The van der Waals surface area contributed by atoms with Crippen LogP contribution in [0.3, 0.4) is 0 Å². The van der Waals surface area contributed by atoms with E-state index in [1.165, 1.54) is 6.07 Å². The summed E-state index contributed by atoms with van der Waals surface area (Å²) in [6, 6.07) is 6.76. The smallest absolute Gasteiger partial charge is 0.293 e. The highest BCUT2D eigenvalue weighted by Gasteiger charge is 2.28. The van der Waals surface area contributed by atoms with Crippen molar-refractivity contribution < 1.29 is 4.92 Å². The van der Waals surface area contributed by atoms with Crippen molar-refractivity contribution in [1.82, 2.24) is 0 Å². The van der Waals surface area contributed by atoms with E-state index in [0.717, 1.165) is 19.3 Å². The van der Waals surface area contributed by atoms with Crippen LogP contribution in [0.2, 0.25) is 0 Å². The number of nitro groups is 1. The Kier molecular flexibility index (Phi) is 4.27.